The Hall–Kier alpha value is -1.67. The molecule has 0 amide bonds. The Morgan fingerprint density at radius 2 is 1.48 bits per heavy atom. The minimum atomic E-state index is -1.79. The predicted octanol–water partition coefficient (Wildman–Crippen LogP) is 3.91. The zero-order valence-electron chi connectivity index (χ0n) is 17.3. The van der Waals surface area contributed by atoms with Crippen molar-refractivity contribution in [1.82, 2.24) is 4.98 Å². The molecule has 2 aromatic carbocycles. The van der Waals surface area contributed by atoms with E-state index in [0.717, 1.165) is 16.6 Å². The van der Waals surface area contributed by atoms with Crippen LogP contribution in [0, 0.1) is 0 Å². The van der Waals surface area contributed by atoms with Crippen LogP contribution in [0.4, 0.5) is 0 Å². The Morgan fingerprint density at radius 3 is 2.04 bits per heavy atom. The molecule has 27 heavy (non-hydrogen) atoms. The lowest BCUT2D eigenvalue weighted by molar-refractivity contribution is 0.261. The van der Waals surface area contributed by atoms with Crippen LogP contribution in [0.2, 0.25) is 39.3 Å². The summed E-state index contributed by atoms with van der Waals surface area (Å²) in [5.41, 5.74) is 5.46. The Bertz CT molecular complexity index is 978. The van der Waals surface area contributed by atoms with Crippen LogP contribution in [-0.4, -0.2) is 31.3 Å². The first-order valence-corrected chi connectivity index (χ1v) is 16.6. The van der Waals surface area contributed by atoms with E-state index in [1.54, 1.807) is 0 Å². The summed E-state index contributed by atoms with van der Waals surface area (Å²) >= 11 is 0. The number of aliphatic hydroxyl groups excluding tert-OH is 2. The first kappa shape index (κ1) is 20.1. The van der Waals surface area contributed by atoms with E-state index in [1.165, 1.54) is 26.9 Å². The number of hydrogen-bond donors (Lipinski definition) is 3. The Morgan fingerprint density at radius 1 is 0.815 bits per heavy atom. The molecule has 0 saturated carbocycles. The van der Waals surface area contributed by atoms with Gasteiger partial charge in [-0.1, -0.05) is 68.7 Å². The second-order valence-corrected chi connectivity index (χ2v) is 19.4. The summed E-state index contributed by atoms with van der Waals surface area (Å²) in [5, 5.41) is 24.3. The minimum Gasteiger partial charge on any atom is -0.392 e. The Labute approximate surface area is 164 Å². The standard InChI is InChI=1S/C22H31NO2Si2/c1-26(2,3)20-12-17(16-9-7-8-15-10-11-23-21(15)16)22(27(4,5)6)19(14-25)18(20)13-24/h7-12,23-25H,13-14H2,1-6H3. The third kappa shape index (κ3) is 3.57. The largest absolute Gasteiger partial charge is 0.392 e. The van der Waals surface area contributed by atoms with Gasteiger partial charge in [0, 0.05) is 11.8 Å². The summed E-state index contributed by atoms with van der Waals surface area (Å²) in [6.07, 6.45) is 1.98. The lowest BCUT2D eigenvalue weighted by Gasteiger charge is -2.31. The Balaban J connectivity index is 2.51. The van der Waals surface area contributed by atoms with Gasteiger partial charge in [-0.2, -0.15) is 0 Å². The molecule has 0 unspecified atom stereocenters. The molecule has 0 aliphatic heterocycles. The number of nitrogens with one attached hydrogen (secondary N) is 1. The van der Waals surface area contributed by atoms with Crippen molar-refractivity contribution in [3.8, 4) is 11.1 Å². The van der Waals surface area contributed by atoms with Gasteiger partial charge in [0.1, 0.15) is 0 Å². The van der Waals surface area contributed by atoms with E-state index < -0.39 is 16.1 Å². The number of rotatable bonds is 5. The van der Waals surface area contributed by atoms with Crippen molar-refractivity contribution in [2.24, 2.45) is 0 Å². The maximum absolute atomic E-state index is 10.3. The molecule has 3 rings (SSSR count). The maximum atomic E-state index is 10.3. The number of para-hydroxylation sites is 1. The molecule has 5 heteroatoms. The van der Waals surface area contributed by atoms with Crippen molar-refractivity contribution in [3.63, 3.8) is 0 Å². The highest BCUT2D eigenvalue weighted by atomic mass is 28.3. The molecule has 0 radical (unpaired) electrons. The van der Waals surface area contributed by atoms with E-state index in [1.807, 2.05) is 6.20 Å². The lowest BCUT2D eigenvalue weighted by Crippen LogP contribution is -2.48. The number of hydrogen-bond acceptors (Lipinski definition) is 2. The Kier molecular flexibility index (Phi) is 5.25. The molecule has 0 aliphatic carbocycles. The van der Waals surface area contributed by atoms with Gasteiger partial charge in [0.25, 0.3) is 0 Å². The second kappa shape index (κ2) is 7.06. The third-order valence-corrected chi connectivity index (χ3v) is 9.43. The van der Waals surface area contributed by atoms with Crippen LogP contribution in [0.3, 0.4) is 0 Å². The lowest BCUT2D eigenvalue weighted by atomic mass is 9.97. The first-order chi connectivity index (χ1) is 12.6. The van der Waals surface area contributed by atoms with E-state index in [-0.39, 0.29) is 13.2 Å². The van der Waals surface area contributed by atoms with Gasteiger partial charge >= 0.3 is 0 Å². The zero-order valence-corrected chi connectivity index (χ0v) is 19.3. The van der Waals surface area contributed by atoms with Crippen molar-refractivity contribution in [3.05, 3.63) is 47.7 Å². The monoisotopic (exact) mass is 397 g/mol. The molecule has 1 aromatic heterocycles. The summed E-state index contributed by atoms with van der Waals surface area (Å²) in [5.74, 6) is 0. The van der Waals surface area contributed by atoms with E-state index in [2.05, 4.69) is 74.6 Å². The number of H-pyrrole nitrogens is 1. The van der Waals surface area contributed by atoms with Crippen LogP contribution in [-0.2, 0) is 13.2 Å². The van der Waals surface area contributed by atoms with Crippen molar-refractivity contribution in [2.75, 3.05) is 0 Å². The van der Waals surface area contributed by atoms with Gasteiger partial charge in [0.2, 0.25) is 0 Å². The van der Waals surface area contributed by atoms with Crippen molar-refractivity contribution >= 4 is 37.4 Å². The zero-order chi connectivity index (χ0) is 20.0. The molecule has 0 bridgehead atoms. The molecule has 144 valence electrons. The average Bonchev–Trinajstić information content (AvgIpc) is 3.06. The molecule has 0 spiro atoms. The van der Waals surface area contributed by atoms with Crippen LogP contribution in [0.1, 0.15) is 11.1 Å². The highest BCUT2D eigenvalue weighted by molar-refractivity contribution is 6.91. The van der Waals surface area contributed by atoms with Crippen LogP contribution in [0.5, 0.6) is 0 Å². The average molecular weight is 398 g/mol. The van der Waals surface area contributed by atoms with Crippen LogP contribution < -0.4 is 10.4 Å². The van der Waals surface area contributed by atoms with Gasteiger partial charge in [0.05, 0.1) is 34.9 Å². The SMILES string of the molecule is C[Si](C)(C)c1cc(-c2cccc3cc[nH]c23)c([Si](C)(C)C)c(CO)c1CO. The number of aliphatic hydroxyl groups is 2. The molecule has 0 atom stereocenters. The second-order valence-electron chi connectivity index (χ2n) is 9.37. The van der Waals surface area contributed by atoms with Crippen LogP contribution in [0.15, 0.2) is 36.5 Å². The number of aromatic nitrogens is 1. The van der Waals surface area contributed by atoms with E-state index in [0.29, 0.717) is 0 Å². The van der Waals surface area contributed by atoms with E-state index in [4.69, 9.17) is 0 Å². The van der Waals surface area contributed by atoms with Gasteiger partial charge in [0.15, 0.2) is 0 Å². The minimum absolute atomic E-state index is 0.0139. The molecule has 1 heterocycles. The molecule has 0 fully saturated rings. The normalized spacial score (nSPS) is 12.7. The topological polar surface area (TPSA) is 56.2 Å². The summed E-state index contributed by atoms with van der Waals surface area (Å²) < 4.78 is 0. The van der Waals surface area contributed by atoms with E-state index >= 15 is 0 Å². The van der Waals surface area contributed by atoms with Gasteiger partial charge in [-0.05, 0) is 33.3 Å². The highest BCUT2D eigenvalue weighted by Gasteiger charge is 2.31. The molecule has 3 aromatic rings. The van der Waals surface area contributed by atoms with Crippen molar-refractivity contribution in [2.45, 2.75) is 52.5 Å². The molecule has 0 saturated heterocycles. The quantitative estimate of drug-likeness (QED) is 0.572. The first-order valence-electron chi connectivity index (χ1n) is 9.57. The highest BCUT2D eigenvalue weighted by Crippen LogP contribution is 2.30. The molecule has 3 nitrogen and oxygen atoms in total. The fraction of sp³-hybridized carbons (Fsp3) is 0.364. The fourth-order valence-electron chi connectivity index (χ4n) is 4.18. The van der Waals surface area contributed by atoms with Gasteiger partial charge in [-0.25, -0.2) is 0 Å². The summed E-state index contributed by atoms with van der Waals surface area (Å²) in [7, 11) is -3.50. The number of benzene rings is 2. The third-order valence-electron chi connectivity index (χ3n) is 5.30. The summed E-state index contributed by atoms with van der Waals surface area (Å²) in [6.45, 7) is 13.8. The van der Waals surface area contributed by atoms with Gasteiger partial charge in [-0.15, -0.1) is 0 Å². The van der Waals surface area contributed by atoms with E-state index in [9.17, 15) is 10.2 Å². The van der Waals surface area contributed by atoms with Crippen molar-refractivity contribution < 1.29 is 10.2 Å². The van der Waals surface area contributed by atoms with Gasteiger partial charge < -0.3 is 15.2 Å². The molecular weight excluding hydrogens is 366 g/mol. The summed E-state index contributed by atoms with van der Waals surface area (Å²) in [4.78, 5) is 3.40. The maximum Gasteiger partial charge on any atom is 0.0789 e. The van der Waals surface area contributed by atoms with Crippen molar-refractivity contribution in [1.29, 1.82) is 0 Å². The predicted molar refractivity (Wildman–Crippen MR) is 122 cm³/mol. The molecule has 0 aliphatic rings. The molecule has 3 N–H and O–H groups in total. The van der Waals surface area contributed by atoms with Crippen LogP contribution in [0.25, 0.3) is 22.0 Å². The number of aromatic amines is 1. The number of fused-ring (bicyclic) bond motifs is 1. The smallest absolute Gasteiger partial charge is 0.0789 e. The van der Waals surface area contributed by atoms with Gasteiger partial charge in [-0.3, -0.25) is 0 Å². The fourth-order valence-corrected chi connectivity index (χ4v) is 8.05. The van der Waals surface area contributed by atoms with Crippen LogP contribution >= 0.6 is 0 Å². The molecular formula is C22H31NO2Si2. The summed E-state index contributed by atoms with van der Waals surface area (Å²) in [6, 6.07) is 10.8.